The van der Waals surface area contributed by atoms with Crippen molar-refractivity contribution in [2.24, 2.45) is 17.3 Å². The van der Waals surface area contributed by atoms with Gasteiger partial charge in [-0.2, -0.15) is 0 Å². The highest BCUT2D eigenvalue weighted by molar-refractivity contribution is 5.95. The van der Waals surface area contributed by atoms with Crippen LogP contribution in [0.5, 0.6) is 0 Å². The number of rotatable bonds is 3. The fraction of sp³-hybridized carbons (Fsp3) is 0.526. The maximum atomic E-state index is 12.7. The summed E-state index contributed by atoms with van der Waals surface area (Å²) in [6.45, 7) is 1.24. The minimum atomic E-state index is -1.02. The molecule has 4 rings (SSSR count). The number of carbonyl (C=O) groups is 3. The van der Waals surface area contributed by atoms with E-state index in [1.54, 1.807) is 34.1 Å². The monoisotopic (exact) mass is 342 g/mol. The lowest BCUT2D eigenvalue weighted by molar-refractivity contribution is -0.149. The van der Waals surface area contributed by atoms with E-state index in [4.69, 9.17) is 0 Å². The number of hydrogen-bond donors (Lipinski definition) is 1. The highest BCUT2D eigenvalue weighted by Gasteiger charge is 2.59. The summed E-state index contributed by atoms with van der Waals surface area (Å²) in [5, 5.41) is 9.88. The first-order valence-corrected chi connectivity index (χ1v) is 8.88. The lowest BCUT2D eigenvalue weighted by Crippen LogP contribution is -2.44. The fourth-order valence-electron chi connectivity index (χ4n) is 4.37. The van der Waals surface area contributed by atoms with Crippen molar-refractivity contribution in [2.75, 3.05) is 26.2 Å². The van der Waals surface area contributed by atoms with Crippen LogP contribution in [0.3, 0.4) is 0 Å². The minimum absolute atomic E-state index is 0.0757. The Morgan fingerprint density at radius 3 is 2.20 bits per heavy atom. The van der Waals surface area contributed by atoms with Crippen LogP contribution in [-0.4, -0.2) is 58.9 Å². The van der Waals surface area contributed by atoms with Crippen LogP contribution in [0.15, 0.2) is 30.3 Å². The molecule has 6 heteroatoms. The summed E-state index contributed by atoms with van der Waals surface area (Å²) in [6.07, 6.45) is 2.91. The number of aliphatic carboxylic acids is 1. The van der Waals surface area contributed by atoms with Gasteiger partial charge in [-0.1, -0.05) is 24.6 Å². The number of nitrogens with zero attached hydrogens (tertiary/aromatic N) is 2. The summed E-state index contributed by atoms with van der Waals surface area (Å²) in [5.41, 5.74) is -0.450. The lowest BCUT2D eigenvalue weighted by Gasteiger charge is -2.31. The largest absolute Gasteiger partial charge is 0.481 e. The predicted molar refractivity (Wildman–Crippen MR) is 89.8 cm³/mol. The van der Waals surface area contributed by atoms with Gasteiger partial charge in [-0.15, -0.1) is 0 Å². The lowest BCUT2D eigenvalue weighted by atomic mass is 9.81. The van der Waals surface area contributed by atoms with Crippen LogP contribution in [0.4, 0.5) is 0 Å². The molecule has 3 fully saturated rings. The van der Waals surface area contributed by atoms with Crippen LogP contribution in [-0.2, 0) is 9.59 Å². The number of carboxylic acids is 1. The van der Waals surface area contributed by atoms with E-state index >= 15 is 0 Å². The molecule has 2 amide bonds. The molecule has 6 nitrogen and oxygen atoms in total. The fourth-order valence-corrected chi connectivity index (χ4v) is 4.37. The zero-order chi connectivity index (χ0) is 17.6. The van der Waals surface area contributed by atoms with E-state index in [0.29, 0.717) is 18.7 Å². The standard InChI is InChI=1S/C19H22N2O4/c22-16(13-5-2-1-3-6-13)20-9-15-10-21(17(23)14-7-4-8-14)12-19(15,11-20)18(24)25/h1-3,5-6,14-15H,4,7-12H2,(H,24,25)/t15-,19-/m1/s1. The van der Waals surface area contributed by atoms with Gasteiger partial charge in [-0.3, -0.25) is 14.4 Å². The topological polar surface area (TPSA) is 77.9 Å². The normalized spacial score (nSPS) is 28.6. The van der Waals surface area contributed by atoms with Crippen molar-refractivity contribution >= 4 is 17.8 Å². The van der Waals surface area contributed by atoms with Crippen LogP contribution in [0.2, 0.25) is 0 Å². The Kier molecular flexibility index (Phi) is 3.78. The van der Waals surface area contributed by atoms with Gasteiger partial charge >= 0.3 is 5.97 Å². The third-order valence-electron chi connectivity index (χ3n) is 6.11. The van der Waals surface area contributed by atoms with Crippen LogP contribution >= 0.6 is 0 Å². The van der Waals surface area contributed by atoms with E-state index in [0.717, 1.165) is 19.3 Å². The molecule has 2 aliphatic heterocycles. The Bertz CT molecular complexity index is 715. The summed E-state index contributed by atoms with van der Waals surface area (Å²) in [5.74, 6) is -1.05. The number of benzene rings is 1. The van der Waals surface area contributed by atoms with Gasteiger partial charge in [0.25, 0.3) is 5.91 Å². The molecule has 2 heterocycles. The summed E-state index contributed by atoms with van der Waals surface area (Å²) in [4.78, 5) is 40.6. The number of fused-ring (bicyclic) bond motifs is 1. The van der Waals surface area contributed by atoms with Crippen molar-refractivity contribution < 1.29 is 19.5 Å². The third-order valence-corrected chi connectivity index (χ3v) is 6.11. The summed E-state index contributed by atoms with van der Waals surface area (Å²) in [6, 6.07) is 8.94. The van der Waals surface area contributed by atoms with Crippen molar-refractivity contribution in [3.63, 3.8) is 0 Å². The Balaban J connectivity index is 1.52. The van der Waals surface area contributed by atoms with Crippen LogP contribution in [0, 0.1) is 17.3 Å². The van der Waals surface area contributed by atoms with Gasteiger partial charge in [0.2, 0.25) is 5.91 Å². The quantitative estimate of drug-likeness (QED) is 0.902. The predicted octanol–water partition coefficient (Wildman–Crippen LogP) is 1.47. The molecule has 1 aliphatic carbocycles. The first-order chi connectivity index (χ1) is 12.0. The van der Waals surface area contributed by atoms with Gasteiger partial charge in [-0.05, 0) is 25.0 Å². The number of carbonyl (C=O) groups excluding carboxylic acids is 2. The average Bonchev–Trinajstić information content (AvgIpc) is 3.08. The van der Waals surface area contributed by atoms with Gasteiger partial charge in [0.1, 0.15) is 5.41 Å². The molecule has 1 aromatic carbocycles. The van der Waals surface area contributed by atoms with E-state index in [2.05, 4.69) is 0 Å². The summed E-state index contributed by atoms with van der Waals surface area (Å²) >= 11 is 0. The van der Waals surface area contributed by atoms with Gasteiger partial charge in [0.05, 0.1) is 0 Å². The summed E-state index contributed by atoms with van der Waals surface area (Å²) in [7, 11) is 0. The van der Waals surface area contributed by atoms with E-state index in [1.165, 1.54) is 0 Å². The third kappa shape index (κ3) is 2.51. The van der Waals surface area contributed by atoms with Gasteiger partial charge < -0.3 is 14.9 Å². The molecule has 0 spiro atoms. The minimum Gasteiger partial charge on any atom is -0.481 e. The van der Waals surface area contributed by atoms with Crippen LogP contribution in [0.25, 0.3) is 0 Å². The van der Waals surface area contributed by atoms with E-state index < -0.39 is 11.4 Å². The number of carboxylic acid groups (broad SMARTS) is 1. The second-order valence-corrected chi connectivity index (χ2v) is 7.56. The molecule has 132 valence electrons. The van der Waals surface area contributed by atoms with Gasteiger partial charge in [0.15, 0.2) is 0 Å². The number of amides is 2. The van der Waals surface area contributed by atoms with Crippen molar-refractivity contribution in [2.45, 2.75) is 19.3 Å². The van der Waals surface area contributed by atoms with E-state index in [1.807, 2.05) is 6.07 Å². The van der Waals surface area contributed by atoms with Crippen LogP contribution in [0.1, 0.15) is 29.6 Å². The Hall–Kier alpha value is -2.37. The molecule has 0 aromatic heterocycles. The second-order valence-electron chi connectivity index (χ2n) is 7.56. The highest BCUT2D eigenvalue weighted by atomic mass is 16.4. The summed E-state index contributed by atoms with van der Waals surface area (Å²) < 4.78 is 0. The van der Waals surface area contributed by atoms with Crippen LogP contribution < -0.4 is 0 Å². The first-order valence-electron chi connectivity index (χ1n) is 8.88. The second kappa shape index (κ2) is 5.86. The Labute approximate surface area is 146 Å². The average molecular weight is 342 g/mol. The maximum Gasteiger partial charge on any atom is 0.313 e. The van der Waals surface area contributed by atoms with Crippen molar-refractivity contribution in [3.8, 4) is 0 Å². The molecule has 2 saturated heterocycles. The van der Waals surface area contributed by atoms with Crippen molar-refractivity contribution in [3.05, 3.63) is 35.9 Å². The van der Waals surface area contributed by atoms with Gasteiger partial charge in [-0.25, -0.2) is 0 Å². The number of hydrogen-bond acceptors (Lipinski definition) is 3. The first kappa shape index (κ1) is 16.1. The highest BCUT2D eigenvalue weighted by Crippen LogP contribution is 2.44. The molecule has 0 radical (unpaired) electrons. The molecule has 1 saturated carbocycles. The van der Waals surface area contributed by atoms with Crippen molar-refractivity contribution in [1.29, 1.82) is 0 Å². The Morgan fingerprint density at radius 1 is 1.00 bits per heavy atom. The van der Waals surface area contributed by atoms with Gasteiger partial charge in [0, 0.05) is 43.6 Å². The van der Waals surface area contributed by atoms with E-state index in [-0.39, 0.29) is 36.7 Å². The van der Waals surface area contributed by atoms with Crippen molar-refractivity contribution in [1.82, 2.24) is 9.80 Å². The molecule has 1 N–H and O–H groups in total. The zero-order valence-corrected chi connectivity index (χ0v) is 14.1. The maximum absolute atomic E-state index is 12.7. The zero-order valence-electron chi connectivity index (χ0n) is 14.1. The molecule has 3 aliphatic rings. The number of likely N-dealkylation sites (tertiary alicyclic amines) is 2. The molecule has 0 unspecified atom stereocenters. The molecular formula is C19H22N2O4. The molecular weight excluding hydrogens is 320 g/mol. The SMILES string of the molecule is O=C(c1ccccc1)N1C[C@@H]2CN(C(=O)C3CCC3)C[C@]2(C(=O)O)C1. The molecule has 1 aromatic rings. The molecule has 25 heavy (non-hydrogen) atoms. The Morgan fingerprint density at radius 2 is 1.64 bits per heavy atom. The smallest absolute Gasteiger partial charge is 0.313 e. The van der Waals surface area contributed by atoms with E-state index in [9.17, 15) is 19.5 Å². The molecule has 2 atom stereocenters. The molecule has 0 bridgehead atoms.